The molecule has 114 valence electrons. The highest BCUT2D eigenvalue weighted by atomic mass is 16.1. The summed E-state index contributed by atoms with van der Waals surface area (Å²) in [7, 11) is 0. The van der Waals surface area contributed by atoms with Crippen molar-refractivity contribution < 1.29 is 0 Å². The monoisotopic (exact) mass is 312 g/mol. The van der Waals surface area contributed by atoms with Crippen LogP contribution in [-0.4, -0.2) is 9.97 Å². The van der Waals surface area contributed by atoms with Gasteiger partial charge in [0.2, 0.25) is 0 Å². The fourth-order valence-corrected chi connectivity index (χ4v) is 3.50. The molecule has 4 heteroatoms. The molecule has 0 unspecified atom stereocenters. The zero-order valence-electron chi connectivity index (χ0n) is 12.6. The zero-order chi connectivity index (χ0) is 16.3. The first-order valence-electron chi connectivity index (χ1n) is 7.72. The predicted molar refractivity (Wildman–Crippen MR) is 97.7 cm³/mol. The van der Waals surface area contributed by atoms with Gasteiger partial charge in [0.05, 0.1) is 32.8 Å². The van der Waals surface area contributed by atoms with Gasteiger partial charge in [0.1, 0.15) is 0 Å². The summed E-state index contributed by atoms with van der Waals surface area (Å²) < 4.78 is 0. The lowest BCUT2D eigenvalue weighted by molar-refractivity contribution is 1.41. The van der Waals surface area contributed by atoms with Crippen molar-refractivity contribution >= 4 is 43.6 Å². The maximum absolute atomic E-state index is 12.5. The molecule has 0 fully saturated rings. The van der Waals surface area contributed by atoms with Crippen molar-refractivity contribution in [3.05, 3.63) is 81.1 Å². The van der Waals surface area contributed by atoms with Gasteiger partial charge in [-0.15, -0.1) is 0 Å². The molecule has 0 aliphatic carbocycles. The second-order valence-corrected chi connectivity index (χ2v) is 5.90. The molecular formula is C20H12N2O2. The lowest BCUT2D eigenvalue weighted by atomic mass is 9.99. The third-order valence-corrected chi connectivity index (χ3v) is 4.54. The minimum absolute atomic E-state index is 0.0596. The number of aromatic nitrogens is 2. The molecule has 5 rings (SSSR count). The van der Waals surface area contributed by atoms with Gasteiger partial charge >= 0.3 is 0 Å². The van der Waals surface area contributed by atoms with E-state index in [2.05, 4.69) is 9.97 Å². The molecule has 1 heterocycles. The fourth-order valence-electron chi connectivity index (χ4n) is 3.50. The van der Waals surface area contributed by atoms with Crippen LogP contribution in [0.25, 0.3) is 43.6 Å². The SMILES string of the molecule is O=c1cccc2c3cccc(=O)c3c3[nH]c4ccccc4[nH]c3c12. The van der Waals surface area contributed by atoms with Crippen LogP contribution in [0.15, 0.2) is 70.3 Å². The van der Waals surface area contributed by atoms with E-state index in [1.165, 1.54) is 0 Å². The number of H-pyrrole nitrogens is 2. The van der Waals surface area contributed by atoms with E-state index in [9.17, 15) is 9.59 Å². The van der Waals surface area contributed by atoms with E-state index in [0.717, 1.165) is 21.8 Å². The Bertz CT molecular complexity index is 1290. The van der Waals surface area contributed by atoms with Crippen molar-refractivity contribution in [3.8, 4) is 0 Å². The van der Waals surface area contributed by atoms with E-state index >= 15 is 0 Å². The van der Waals surface area contributed by atoms with Gasteiger partial charge in [-0.25, -0.2) is 0 Å². The second kappa shape index (κ2) is 4.55. The minimum Gasteiger partial charge on any atom is -0.351 e. The van der Waals surface area contributed by atoms with Crippen LogP contribution in [0.1, 0.15) is 0 Å². The first kappa shape index (κ1) is 13.1. The molecule has 0 radical (unpaired) electrons. The average molecular weight is 312 g/mol. The van der Waals surface area contributed by atoms with E-state index < -0.39 is 0 Å². The number of para-hydroxylation sites is 2. The van der Waals surface area contributed by atoms with Crippen LogP contribution in [0, 0.1) is 0 Å². The van der Waals surface area contributed by atoms with E-state index in [-0.39, 0.29) is 10.9 Å². The lowest BCUT2D eigenvalue weighted by Crippen LogP contribution is -2.06. The fraction of sp³-hybridized carbons (Fsp3) is 0. The zero-order valence-corrected chi connectivity index (χ0v) is 12.6. The summed E-state index contributed by atoms with van der Waals surface area (Å²) in [5, 5.41) is 2.80. The van der Waals surface area contributed by atoms with Crippen molar-refractivity contribution in [2.24, 2.45) is 0 Å². The quantitative estimate of drug-likeness (QED) is 0.338. The van der Waals surface area contributed by atoms with Crippen molar-refractivity contribution in [1.29, 1.82) is 0 Å². The summed E-state index contributed by atoms with van der Waals surface area (Å²) in [5.41, 5.74) is 3.00. The van der Waals surface area contributed by atoms with Gasteiger partial charge in [0.25, 0.3) is 0 Å². The van der Waals surface area contributed by atoms with E-state index in [0.29, 0.717) is 21.8 Å². The summed E-state index contributed by atoms with van der Waals surface area (Å²) in [6.45, 7) is 0. The van der Waals surface area contributed by atoms with Crippen LogP contribution < -0.4 is 10.9 Å². The van der Waals surface area contributed by atoms with Crippen LogP contribution in [0.2, 0.25) is 0 Å². The third kappa shape index (κ3) is 1.62. The Balaban J connectivity index is 2.26. The predicted octanol–water partition coefficient (Wildman–Crippen LogP) is 3.68. The largest absolute Gasteiger partial charge is 0.351 e. The summed E-state index contributed by atoms with van der Waals surface area (Å²) in [6.07, 6.45) is 0. The molecule has 0 atom stereocenters. The number of fused-ring (bicyclic) bond motifs is 7. The maximum atomic E-state index is 12.5. The Labute approximate surface area is 135 Å². The van der Waals surface area contributed by atoms with Crippen LogP contribution in [-0.2, 0) is 0 Å². The minimum atomic E-state index is -0.0596. The van der Waals surface area contributed by atoms with Gasteiger partial charge in [-0.1, -0.05) is 36.4 Å². The van der Waals surface area contributed by atoms with Crippen molar-refractivity contribution in [1.82, 2.24) is 9.97 Å². The highest BCUT2D eigenvalue weighted by Gasteiger charge is 2.14. The summed E-state index contributed by atoms with van der Waals surface area (Å²) >= 11 is 0. The number of hydrogen-bond acceptors (Lipinski definition) is 2. The highest BCUT2D eigenvalue weighted by molar-refractivity contribution is 6.23. The molecule has 0 aliphatic rings. The smallest absolute Gasteiger partial charge is 0.188 e. The van der Waals surface area contributed by atoms with Gasteiger partial charge in [-0.05, 0) is 35.0 Å². The molecule has 0 bridgehead atoms. The second-order valence-electron chi connectivity index (χ2n) is 5.90. The Hall–Kier alpha value is -3.40. The first-order chi connectivity index (χ1) is 11.7. The van der Waals surface area contributed by atoms with Gasteiger partial charge in [0.15, 0.2) is 10.9 Å². The molecule has 0 saturated carbocycles. The van der Waals surface area contributed by atoms with E-state index in [1.807, 2.05) is 36.4 Å². The van der Waals surface area contributed by atoms with Crippen LogP contribution in [0.4, 0.5) is 0 Å². The lowest BCUT2D eigenvalue weighted by Gasteiger charge is -2.11. The Morgan fingerprint density at radius 2 is 1.00 bits per heavy atom. The Morgan fingerprint density at radius 1 is 0.542 bits per heavy atom. The molecule has 4 aromatic carbocycles. The molecular weight excluding hydrogens is 300 g/mol. The Kier molecular flexibility index (Phi) is 2.48. The number of nitrogens with one attached hydrogen (secondary N) is 2. The topological polar surface area (TPSA) is 65.7 Å². The van der Waals surface area contributed by atoms with Crippen molar-refractivity contribution in [2.45, 2.75) is 0 Å². The van der Waals surface area contributed by atoms with E-state index in [4.69, 9.17) is 0 Å². The average Bonchev–Trinajstić information content (AvgIpc) is 2.60. The third-order valence-electron chi connectivity index (χ3n) is 4.54. The van der Waals surface area contributed by atoms with Crippen molar-refractivity contribution in [3.63, 3.8) is 0 Å². The van der Waals surface area contributed by atoms with Gasteiger partial charge in [0, 0.05) is 0 Å². The summed E-state index contributed by atoms with van der Waals surface area (Å²) in [4.78, 5) is 31.8. The highest BCUT2D eigenvalue weighted by Crippen LogP contribution is 2.30. The number of rotatable bonds is 0. The molecule has 0 aliphatic heterocycles. The van der Waals surface area contributed by atoms with Crippen LogP contribution in [0.5, 0.6) is 0 Å². The molecule has 0 spiro atoms. The molecule has 4 nitrogen and oxygen atoms in total. The molecule has 0 saturated heterocycles. The molecule has 5 aromatic rings. The first-order valence-corrected chi connectivity index (χ1v) is 7.72. The molecule has 2 N–H and O–H groups in total. The van der Waals surface area contributed by atoms with Gasteiger partial charge in [-0.2, -0.15) is 0 Å². The van der Waals surface area contributed by atoms with Gasteiger partial charge < -0.3 is 9.97 Å². The van der Waals surface area contributed by atoms with Crippen LogP contribution >= 0.6 is 0 Å². The summed E-state index contributed by atoms with van der Waals surface area (Å²) in [5.74, 6) is 0. The number of aromatic amines is 2. The number of hydrogen-bond donors (Lipinski definition) is 2. The molecule has 1 aromatic heterocycles. The Morgan fingerprint density at radius 3 is 1.46 bits per heavy atom. The summed E-state index contributed by atoms with van der Waals surface area (Å²) in [6, 6.07) is 18.1. The standard InChI is InChI=1S/C20H12N2O2/c23-15-9-3-5-11-12-6-4-10-16(24)18(12)20-19(17(11)15)21-13-7-1-2-8-14(13)22-20/h1-10,21-22H. The van der Waals surface area contributed by atoms with E-state index in [1.54, 1.807) is 24.3 Å². The maximum Gasteiger partial charge on any atom is 0.188 e. The molecule has 24 heavy (non-hydrogen) atoms. The van der Waals surface area contributed by atoms with Crippen molar-refractivity contribution in [2.75, 3.05) is 0 Å². The van der Waals surface area contributed by atoms with Gasteiger partial charge in [-0.3, -0.25) is 9.59 Å². The number of benzene rings is 4. The van der Waals surface area contributed by atoms with Crippen LogP contribution in [0.3, 0.4) is 0 Å². The molecule has 0 amide bonds. The normalized spacial score (nSPS) is 11.7.